The number of carbonyl (C=O) groups excluding carboxylic acids is 1. The molecule has 4 heterocycles. The van der Waals surface area contributed by atoms with Crippen molar-refractivity contribution in [1.82, 2.24) is 24.6 Å². The van der Waals surface area contributed by atoms with Crippen LogP contribution in [-0.2, 0) is 22.7 Å². The van der Waals surface area contributed by atoms with Gasteiger partial charge in [0.05, 0.1) is 12.0 Å². The summed E-state index contributed by atoms with van der Waals surface area (Å²) >= 11 is 1.69. The lowest BCUT2D eigenvalue weighted by molar-refractivity contribution is -0.192. The number of piperidine rings is 1. The fourth-order valence-electron chi connectivity index (χ4n) is 5.59. The van der Waals surface area contributed by atoms with Crippen LogP contribution in [0.3, 0.4) is 0 Å². The number of thiazole rings is 1. The van der Waals surface area contributed by atoms with Crippen LogP contribution in [0.4, 0.5) is 13.2 Å². The van der Waals surface area contributed by atoms with Gasteiger partial charge in [-0.3, -0.25) is 14.4 Å². The largest absolute Gasteiger partial charge is 0.490 e. The van der Waals surface area contributed by atoms with Gasteiger partial charge < -0.3 is 10.0 Å². The van der Waals surface area contributed by atoms with Crippen LogP contribution in [0, 0.1) is 5.41 Å². The average Bonchev–Trinajstić information content (AvgIpc) is 3.64. The van der Waals surface area contributed by atoms with Crippen LogP contribution in [0.25, 0.3) is 0 Å². The number of carboxylic acids is 1. The van der Waals surface area contributed by atoms with Crippen LogP contribution in [0.2, 0.25) is 0 Å². The lowest BCUT2D eigenvalue weighted by atomic mass is 9.70. The monoisotopic (exact) mass is 563 g/mol. The molecule has 0 bridgehead atoms. The summed E-state index contributed by atoms with van der Waals surface area (Å²) in [5.74, 6) is -2.32. The first-order chi connectivity index (χ1) is 18.5. The molecule has 2 fully saturated rings. The zero-order valence-electron chi connectivity index (χ0n) is 21.8. The highest BCUT2D eigenvalue weighted by Crippen LogP contribution is 2.50. The third-order valence-electron chi connectivity index (χ3n) is 7.23. The van der Waals surface area contributed by atoms with Gasteiger partial charge >= 0.3 is 12.1 Å². The second kappa shape index (κ2) is 11.9. The first kappa shape index (κ1) is 28.8. The van der Waals surface area contributed by atoms with E-state index in [4.69, 9.17) is 9.90 Å². The van der Waals surface area contributed by atoms with Crippen molar-refractivity contribution in [3.8, 4) is 0 Å². The van der Waals surface area contributed by atoms with Gasteiger partial charge in [-0.2, -0.15) is 18.3 Å². The molecule has 2 aliphatic heterocycles. The van der Waals surface area contributed by atoms with Crippen molar-refractivity contribution in [2.45, 2.75) is 57.9 Å². The third kappa shape index (κ3) is 6.50. The Bertz CT molecular complexity index is 1250. The molecule has 8 nitrogen and oxygen atoms in total. The Kier molecular flexibility index (Phi) is 8.75. The number of benzene rings is 1. The second-order valence-corrected chi connectivity index (χ2v) is 11.2. The number of carbonyl (C=O) groups is 2. The highest BCUT2D eigenvalue weighted by molar-refractivity contribution is 7.09. The molecule has 5 rings (SSSR count). The summed E-state index contributed by atoms with van der Waals surface area (Å²) in [5, 5.41) is 14.9. The number of halogens is 3. The van der Waals surface area contributed by atoms with Gasteiger partial charge in [0.1, 0.15) is 5.01 Å². The molecule has 1 amide bonds. The van der Waals surface area contributed by atoms with Crippen molar-refractivity contribution in [1.29, 1.82) is 0 Å². The van der Waals surface area contributed by atoms with E-state index in [0.29, 0.717) is 12.5 Å². The zero-order valence-corrected chi connectivity index (χ0v) is 22.7. The molecule has 1 aromatic carbocycles. The highest BCUT2D eigenvalue weighted by atomic mass is 32.1. The predicted molar refractivity (Wildman–Crippen MR) is 140 cm³/mol. The molecule has 12 heteroatoms. The molecule has 0 unspecified atom stereocenters. The summed E-state index contributed by atoms with van der Waals surface area (Å²) in [6, 6.07) is 12.8. The highest BCUT2D eigenvalue weighted by Gasteiger charge is 2.56. The molecule has 0 saturated carbocycles. The van der Waals surface area contributed by atoms with E-state index in [0.717, 1.165) is 44.0 Å². The van der Waals surface area contributed by atoms with E-state index in [1.165, 1.54) is 11.3 Å². The predicted octanol–water partition coefficient (Wildman–Crippen LogP) is 4.96. The van der Waals surface area contributed by atoms with Crippen LogP contribution >= 0.6 is 11.3 Å². The summed E-state index contributed by atoms with van der Waals surface area (Å²) in [4.78, 5) is 32.1. The number of rotatable bonds is 6. The number of aliphatic carboxylic acids is 1. The first-order valence-corrected chi connectivity index (χ1v) is 13.7. The van der Waals surface area contributed by atoms with Crippen LogP contribution in [-0.4, -0.2) is 67.4 Å². The number of aromatic nitrogens is 3. The van der Waals surface area contributed by atoms with Crippen molar-refractivity contribution in [3.05, 3.63) is 70.4 Å². The Morgan fingerprint density at radius 1 is 1.18 bits per heavy atom. The minimum atomic E-state index is -5.08. The summed E-state index contributed by atoms with van der Waals surface area (Å²) in [7, 11) is 0. The molecule has 2 atom stereocenters. The Balaban J connectivity index is 0.000000448. The minimum Gasteiger partial charge on any atom is -0.475 e. The Morgan fingerprint density at radius 2 is 1.90 bits per heavy atom. The quantitative estimate of drug-likeness (QED) is 0.456. The second-order valence-electron chi connectivity index (χ2n) is 10.2. The Morgan fingerprint density at radius 3 is 2.51 bits per heavy atom. The van der Waals surface area contributed by atoms with Crippen LogP contribution in [0.1, 0.15) is 54.9 Å². The van der Waals surface area contributed by atoms with E-state index in [-0.39, 0.29) is 12.0 Å². The van der Waals surface area contributed by atoms with Crippen molar-refractivity contribution >= 4 is 23.2 Å². The minimum absolute atomic E-state index is 0.137. The normalized spacial score (nSPS) is 21.8. The molecule has 1 N–H and O–H groups in total. The summed E-state index contributed by atoms with van der Waals surface area (Å²) in [6.45, 7) is 8.29. The van der Waals surface area contributed by atoms with Crippen molar-refractivity contribution < 1.29 is 27.9 Å². The molecule has 39 heavy (non-hydrogen) atoms. The molecule has 2 aliphatic rings. The van der Waals surface area contributed by atoms with E-state index in [1.54, 1.807) is 11.3 Å². The lowest BCUT2D eigenvalue weighted by Gasteiger charge is -2.43. The summed E-state index contributed by atoms with van der Waals surface area (Å²) in [5.41, 5.74) is 1.98. The van der Waals surface area contributed by atoms with E-state index in [2.05, 4.69) is 68.7 Å². The van der Waals surface area contributed by atoms with Gasteiger partial charge in [0.2, 0.25) is 5.91 Å². The lowest BCUT2D eigenvalue weighted by Crippen LogP contribution is -2.52. The van der Waals surface area contributed by atoms with Crippen LogP contribution < -0.4 is 0 Å². The summed E-state index contributed by atoms with van der Waals surface area (Å²) < 4.78 is 33.8. The van der Waals surface area contributed by atoms with E-state index in [1.807, 2.05) is 23.8 Å². The number of nitrogens with zero attached hydrogens (tertiary/aromatic N) is 5. The Labute approximate surface area is 229 Å². The fraction of sp³-hybridized carbons (Fsp3) is 0.481. The number of amides is 1. The van der Waals surface area contributed by atoms with E-state index in [9.17, 15) is 18.0 Å². The third-order valence-corrected chi connectivity index (χ3v) is 7.99. The molecular weight excluding hydrogens is 531 g/mol. The number of hydrogen-bond donors (Lipinski definition) is 1. The van der Waals surface area contributed by atoms with Gasteiger partial charge in [-0.1, -0.05) is 30.3 Å². The standard InChI is InChI=1S/C25H31N5OS.C2HF3O2/c1-19(2)30-22(9-11-27-30)21-16-28(17-23-26-12-14-32-23)18-25(21)10-6-13-29(24(25)31)15-20-7-4-3-5-8-20;3-2(4,5)1(6)7/h3-5,7-9,11-12,14,19,21H,6,10,13,15-18H2,1-2H3;(H,6,7)/t21-,25+;/m0./s1. The van der Waals surface area contributed by atoms with Gasteiger partial charge in [0, 0.05) is 61.6 Å². The molecule has 1 spiro atoms. The van der Waals surface area contributed by atoms with E-state index < -0.39 is 17.6 Å². The molecule has 3 aromatic rings. The number of likely N-dealkylation sites (tertiary alicyclic amines) is 2. The average molecular weight is 564 g/mol. The van der Waals surface area contributed by atoms with Crippen LogP contribution in [0.5, 0.6) is 0 Å². The van der Waals surface area contributed by atoms with Gasteiger partial charge in [-0.25, -0.2) is 9.78 Å². The molecule has 0 aliphatic carbocycles. The number of alkyl halides is 3. The molecular formula is C27H32F3N5O3S. The van der Waals surface area contributed by atoms with Crippen molar-refractivity contribution in [3.63, 3.8) is 0 Å². The molecule has 2 aromatic heterocycles. The van der Waals surface area contributed by atoms with Gasteiger partial charge in [0.25, 0.3) is 0 Å². The topological polar surface area (TPSA) is 91.6 Å². The maximum Gasteiger partial charge on any atom is 0.490 e. The SMILES string of the molecule is CC(C)n1nccc1[C@@H]1CN(Cc2nccs2)C[C@]12CCCN(Cc1ccccc1)C2=O.O=C(O)C(F)(F)F. The number of hydrogen-bond acceptors (Lipinski definition) is 6. The smallest absolute Gasteiger partial charge is 0.475 e. The van der Waals surface area contributed by atoms with Crippen molar-refractivity contribution in [2.75, 3.05) is 19.6 Å². The van der Waals surface area contributed by atoms with Gasteiger partial charge in [-0.15, -0.1) is 11.3 Å². The van der Waals surface area contributed by atoms with Gasteiger partial charge in [-0.05, 0) is 38.3 Å². The van der Waals surface area contributed by atoms with E-state index >= 15 is 0 Å². The van der Waals surface area contributed by atoms with Gasteiger partial charge in [0.15, 0.2) is 0 Å². The summed E-state index contributed by atoms with van der Waals surface area (Å²) in [6.07, 6.45) is 0.640. The maximum absolute atomic E-state index is 14.1. The Hall–Kier alpha value is -3.25. The maximum atomic E-state index is 14.1. The van der Waals surface area contributed by atoms with Crippen LogP contribution in [0.15, 0.2) is 54.2 Å². The molecule has 210 valence electrons. The zero-order chi connectivity index (χ0) is 28.2. The first-order valence-electron chi connectivity index (χ1n) is 12.8. The number of carboxylic acid groups (broad SMARTS) is 1. The fourth-order valence-corrected chi connectivity index (χ4v) is 6.25. The molecule has 0 radical (unpaired) electrons. The van der Waals surface area contributed by atoms with Crippen molar-refractivity contribution in [2.24, 2.45) is 5.41 Å². The molecule has 2 saturated heterocycles.